The van der Waals surface area contributed by atoms with E-state index < -0.39 is 0 Å². The van der Waals surface area contributed by atoms with E-state index in [2.05, 4.69) is 13.8 Å². The Morgan fingerprint density at radius 2 is 0.324 bits per heavy atom. The third-order valence-corrected chi connectivity index (χ3v) is 0.763. The summed E-state index contributed by atoms with van der Waals surface area (Å²) in [6.07, 6.45) is 0. The molecule has 0 aliphatic carbocycles. The second kappa shape index (κ2) is 263. The Hall–Kier alpha value is 21.3. The van der Waals surface area contributed by atoms with Gasteiger partial charge in [-0.2, -0.15) is 0 Å². The predicted octanol–water partition coefficient (Wildman–Crippen LogP) is 0.509. The van der Waals surface area contributed by atoms with E-state index in [0.29, 0.717) is 0 Å². The summed E-state index contributed by atoms with van der Waals surface area (Å²) in [5.74, 6) is 0. The molecule has 32 heteroatoms. The third kappa shape index (κ3) is 274. The molecular formula is C5H11NW31. The van der Waals surface area contributed by atoms with Crippen LogP contribution in [0, 0.1) is 13.8 Å². The molecule has 0 saturated heterocycles. The van der Waals surface area contributed by atoms with Gasteiger partial charge in [-0.25, -0.2) is 0 Å². The largest absolute Gasteiger partial charge is 2.00 e. The molecule has 0 bridgehead atoms. The summed E-state index contributed by atoms with van der Waals surface area (Å²) in [5.41, 5.74) is 0. The van der Waals surface area contributed by atoms with Gasteiger partial charge in [0.05, 0.1) is 0 Å². The summed E-state index contributed by atoms with van der Waals surface area (Å²) in [6.45, 7) is 8.99. The van der Waals surface area contributed by atoms with E-state index in [1.165, 1.54) is 0 Å². The zero-order chi connectivity index (χ0) is 4.99. The van der Waals surface area contributed by atoms with Crippen LogP contribution in [-0.2, 0) is 653 Å². The number of hydrogen-bond acceptors (Lipinski definition) is 1. The first-order valence-electron chi connectivity index (χ1n) is 2.08. The second-order valence-corrected chi connectivity index (χ2v) is 1.30. The molecule has 0 N–H and O–H groups in total. The van der Waals surface area contributed by atoms with E-state index in [9.17, 15) is 0 Å². The monoisotopic (exact) mass is 5790 g/mol. The van der Waals surface area contributed by atoms with Gasteiger partial charge in [0.15, 0.2) is 0 Å². The van der Waals surface area contributed by atoms with E-state index in [1.54, 1.807) is 0 Å². The topological polar surface area (TPSA) is 3.24 Å². The van der Waals surface area contributed by atoms with Crippen LogP contribution in [0.3, 0.4) is 0 Å². The van der Waals surface area contributed by atoms with E-state index in [4.69, 9.17) is 0 Å². The minimum atomic E-state index is 0. The summed E-state index contributed by atoms with van der Waals surface area (Å²) in [6, 6.07) is 0. The van der Waals surface area contributed by atoms with Gasteiger partial charge < -0.3 is 18.7 Å². The molecule has 222 valence electrons. The van der Waals surface area contributed by atoms with Crippen molar-refractivity contribution in [1.82, 2.24) is 4.90 Å². The fraction of sp³-hybridized carbons (Fsp3) is 0.600. The predicted molar refractivity (Wildman–Crippen MR) is 28.2 cm³/mol. The molecule has 0 unspecified atom stereocenters. The molecule has 0 aliphatic heterocycles. The minimum Gasteiger partial charge on any atom is -0.365 e. The minimum absolute atomic E-state index is 0. The number of rotatable bonds is 2. The molecule has 0 heterocycles. The fourth-order valence-electron chi connectivity index (χ4n) is 0.112. The van der Waals surface area contributed by atoms with Crippen LogP contribution in [0.4, 0.5) is 0 Å². The molecule has 0 aliphatic rings. The third-order valence-electron chi connectivity index (χ3n) is 0.763. The van der Waals surface area contributed by atoms with Crippen LogP contribution >= 0.6 is 0 Å². The van der Waals surface area contributed by atoms with Crippen LogP contribution in [0.25, 0.3) is 0 Å². The molecule has 0 fully saturated rings. The Balaban J connectivity index is -0.000000000269. The van der Waals surface area contributed by atoms with Crippen molar-refractivity contribution in [2.75, 3.05) is 20.1 Å². The molecule has 0 aromatic heterocycles. The first-order chi connectivity index (χ1) is 2.81. The summed E-state index contributed by atoms with van der Waals surface area (Å²) >= 11 is 0. The van der Waals surface area contributed by atoms with Crippen molar-refractivity contribution in [3.63, 3.8) is 0 Å². The van der Waals surface area contributed by atoms with Crippen LogP contribution in [0.15, 0.2) is 0 Å². The Labute approximate surface area is 672 Å². The van der Waals surface area contributed by atoms with E-state index in [0.717, 1.165) is 13.1 Å². The van der Waals surface area contributed by atoms with Crippen molar-refractivity contribution >= 4 is 0 Å². The Morgan fingerprint density at radius 1 is 0.270 bits per heavy atom. The molecule has 0 radical (unpaired) electrons. The first kappa shape index (κ1) is 277. The summed E-state index contributed by atoms with van der Waals surface area (Å²) in [4.78, 5) is 2.03. The maximum atomic E-state index is 3.64. The van der Waals surface area contributed by atoms with Gasteiger partial charge in [-0.1, -0.05) is 0 Å². The smallest absolute Gasteiger partial charge is 0.365 e. The van der Waals surface area contributed by atoms with E-state index >= 15 is 0 Å². The van der Waals surface area contributed by atoms with Crippen LogP contribution in [-0.4, -0.2) is 25.0 Å². The number of hydrogen-bond donors (Lipinski definition) is 0. The first-order valence-corrected chi connectivity index (χ1v) is 2.08. The van der Waals surface area contributed by atoms with Crippen molar-refractivity contribution in [2.45, 2.75) is 0 Å². The molecule has 37 heavy (non-hydrogen) atoms. The van der Waals surface area contributed by atoms with E-state index in [1.807, 2.05) is 11.9 Å². The van der Waals surface area contributed by atoms with Gasteiger partial charge in [-0.3, -0.25) is 0 Å². The zero-order valence-electron chi connectivity index (χ0n) is 16.9. The van der Waals surface area contributed by atoms with Crippen molar-refractivity contribution < 1.29 is 653 Å². The van der Waals surface area contributed by atoms with Gasteiger partial charge in [0, 0.05) is 632 Å². The molecule has 0 rings (SSSR count). The average Bonchev–Trinajstić information content (AvgIpc) is 1.65. The Bertz CT molecular complexity index is 46.8. The Morgan fingerprint density at radius 3 is 0.324 bits per heavy atom. The van der Waals surface area contributed by atoms with Crippen molar-refractivity contribution in [3.05, 3.63) is 13.8 Å². The summed E-state index contributed by atoms with van der Waals surface area (Å²) in [5, 5.41) is 0. The van der Waals surface area contributed by atoms with Gasteiger partial charge in [0.25, 0.3) is 0 Å². The van der Waals surface area contributed by atoms with Gasteiger partial charge in [0.1, 0.15) is 0 Å². The SMILES string of the molecule is [CH2-]CN(C)C[CH2-].[W+2].[W].[W].[W].[W].[W].[W].[W].[W].[W].[W].[W].[W].[W].[W].[W].[W].[W].[W].[W].[W].[W].[W].[W].[W].[W].[W].[W].[W].[W].[W]. The van der Waals surface area contributed by atoms with Crippen LogP contribution < -0.4 is 0 Å². The van der Waals surface area contributed by atoms with Crippen LogP contribution in [0.1, 0.15) is 0 Å². The van der Waals surface area contributed by atoms with Crippen LogP contribution in [0.5, 0.6) is 0 Å². The molecule has 0 aromatic carbocycles. The zero-order valence-corrected chi connectivity index (χ0v) is 108. The maximum absolute atomic E-state index is 3.64. The van der Waals surface area contributed by atoms with Gasteiger partial charge in [0.2, 0.25) is 0 Å². The molecule has 0 atom stereocenters. The maximum Gasteiger partial charge on any atom is 2.00 e. The normalized spacial score (nSPS) is 1.62. The average molecular weight is 5780 g/mol. The summed E-state index contributed by atoms with van der Waals surface area (Å²) < 4.78 is 0. The molecule has 0 spiro atoms. The second-order valence-electron chi connectivity index (χ2n) is 1.30. The standard InChI is InChI=1S/C5H11N.31W/c1-4-6(3)5-2;;;;;;;;;;;;;;;;;;;;;;;;;;;;;;;/h1-2,4-5H2,3H3;;;;;;;;;;;;;;;;;;;;;;;;;;;;;;;/q-2;;;;;;;;;;;;;;;;;;;;;;;;;;;;;;;+2. The quantitative estimate of drug-likeness (QED) is 0.365. The molecule has 0 amide bonds. The summed E-state index contributed by atoms with van der Waals surface area (Å²) in [7, 11) is 1.99. The van der Waals surface area contributed by atoms with Gasteiger partial charge in [-0.15, -0.1) is 13.1 Å². The Kier molecular flexibility index (Phi) is 1960. The van der Waals surface area contributed by atoms with Gasteiger partial charge in [-0.05, 0) is 7.05 Å². The van der Waals surface area contributed by atoms with Crippen LogP contribution in [0.2, 0.25) is 0 Å². The fourth-order valence-corrected chi connectivity index (χ4v) is 0.112. The van der Waals surface area contributed by atoms with Crippen molar-refractivity contribution in [1.29, 1.82) is 0 Å². The molecular weight excluding hydrogens is 5770 g/mol. The molecule has 0 aromatic rings. The van der Waals surface area contributed by atoms with Crippen molar-refractivity contribution in [3.8, 4) is 0 Å². The van der Waals surface area contributed by atoms with Gasteiger partial charge >= 0.3 is 21.1 Å². The molecule has 0 saturated carbocycles. The van der Waals surface area contributed by atoms with Crippen molar-refractivity contribution in [2.24, 2.45) is 0 Å². The molecule has 1 nitrogen and oxygen atoms in total. The van der Waals surface area contributed by atoms with E-state index in [-0.39, 0.29) is 653 Å². The number of nitrogens with zero attached hydrogens (tertiary/aromatic N) is 1.